The van der Waals surface area contributed by atoms with E-state index in [0.29, 0.717) is 0 Å². The number of nitrogens with zero attached hydrogens (tertiary/aromatic N) is 1. The van der Waals surface area contributed by atoms with Gasteiger partial charge in [-0.15, -0.1) is 0 Å². The highest BCUT2D eigenvalue weighted by Crippen LogP contribution is 2.17. The first kappa shape index (κ1) is 14.6. The van der Waals surface area contributed by atoms with E-state index in [4.69, 9.17) is 0 Å². The van der Waals surface area contributed by atoms with E-state index >= 15 is 0 Å². The molecule has 0 bridgehead atoms. The molecule has 1 fully saturated rings. The summed E-state index contributed by atoms with van der Waals surface area (Å²) in [6.07, 6.45) is 0.140. The summed E-state index contributed by atoms with van der Waals surface area (Å²) in [6, 6.07) is 1.54. The Balaban J connectivity index is 2.17. The first-order valence-corrected chi connectivity index (χ1v) is 5.97. The summed E-state index contributed by atoms with van der Waals surface area (Å²) in [4.78, 5) is 44.2. The Bertz CT molecular complexity index is 646. The maximum Gasteiger partial charge on any atom is 0.270 e. The summed E-state index contributed by atoms with van der Waals surface area (Å²) < 4.78 is 13.6. The molecule has 0 aromatic heterocycles. The summed E-state index contributed by atoms with van der Waals surface area (Å²) >= 11 is 0. The zero-order valence-corrected chi connectivity index (χ0v) is 10.6. The Morgan fingerprint density at radius 2 is 2.14 bits per heavy atom. The van der Waals surface area contributed by atoms with E-state index in [9.17, 15) is 28.9 Å². The zero-order chi connectivity index (χ0) is 15.6. The van der Waals surface area contributed by atoms with Crippen molar-refractivity contribution in [1.82, 2.24) is 10.6 Å². The van der Waals surface area contributed by atoms with Crippen LogP contribution in [0.2, 0.25) is 0 Å². The van der Waals surface area contributed by atoms with E-state index in [1.807, 2.05) is 5.32 Å². The van der Waals surface area contributed by atoms with E-state index in [2.05, 4.69) is 5.32 Å². The third kappa shape index (κ3) is 3.19. The van der Waals surface area contributed by atoms with Crippen molar-refractivity contribution in [2.45, 2.75) is 18.9 Å². The number of carbonyl (C=O) groups is 3. The van der Waals surface area contributed by atoms with Crippen LogP contribution >= 0.6 is 0 Å². The van der Waals surface area contributed by atoms with Crippen LogP contribution in [0.5, 0.6) is 0 Å². The number of non-ortho nitro benzene ring substituents is 1. The lowest BCUT2D eigenvalue weighted by atomic mass is 10.1. The molecule has 1 heterocycles. The lowest BCUT2D eigenvalue weighted by Gasteiger charge is -2.21. The molecule has 1 aromatic carbocycles. The molecule has 9 heteroatoms. The molecule has 2 rings (SSSR count). The van der Waals surface area contributed by atoms with Gasteiger partial charge in [-0.2, -0.15) is 0 Å². The van der Waals surface area contributed by atoms with Crippen LogP contribution in [0.15, 0.2) is 18.2 Å². The van der Waals surface area contributed by atoms with Gasteiger partial charge in [-0.25, -0.2) is 4.39 Å². The highest BCUT2D eigenvalue weighted by Gasteiger charge is 2.29. The molecule has 0 spiro atoms. The van der Waals surface area contributed by atoms with E-state index in [0.717, 1.165) is 18.2 Å². The number of piperidine rings is 1. The van der Waals surface area contributed by atoms with Crippen LogP contribution in [-0.4, -0.2) is 28.7 Å². The monoisotopic (exact) mass is 295 g/mol. The quantitative estimate of drug-likeness (QED) is 0.471. The first-order valence-electron chi connectivity index (χ1n) is 5.97. The number of nitrogens with one attached hydrogen (secondary N) is 2. The SMILES string of the molecule is O=C1CCC(NC(=O)c2cc([N+](=O)[O-])ccc2F)C(=O)N1. The molecule has 0 saturated carbocycles. The molecular weight excluding hydrogens is 285 g/mol. The van der Waals surface area contributed by atoms with Gasteiger partial charge in [0.25, 0.3) is 11.6 Å². The minimum absolute atomic E-state index is 0.0497. The number of hydrogen-bond acceptors (Lipinski definition) is 5. The molecule has 21 heavy (non-hydrogen) atoms. The number of nitro groups is 1. The van der Waals surface area contributed by atoms with Gasteiger partial charge in [0, 0.05) is 18.6 Å². The van der Waals surface area contributed by atoms with Crippen LogP contribution in [-0.2, 0) is 9.59 Å². The second-order valence-corrected chi connectivity index (χ2v) is 4.40. The average Bonchev–Trinajstić information content (AvgIpc) is 2.42. The highest BCUT2D eigenvalue weighted by molar-refractivity contribution is 6.03. The molecule has 2 N–H and O–H groups in total. The number of benzene rings is 1. The van der Waals surface area contributed by atoms with E-state index in [-0.39, 0.29) is 12.8 Å². The number of amides is 3. The van der Waals surface area contributed by atoms with Gasteiger partial charge in [-0.1, -0.05) is 0 Å². The molecule has 1 atom stereocenters. The maximum absolute atomic E-state index is 13.6. The number of nitro benzene ring substituents is 1. The molecule has 110 valence electrons. The molecular formula is C12H10FN3O5. The third-order valence-corrected chi connectivity index (χ3v) is 2.95. The number of hydrogen-bond donors (Lipinski definition) is 2. The molecule has 1 saturated heterocycles. The van der Waals surface area contributed by atoms with E-state index in [1.54, 1.807) is 0 Å². The number of halogens is 1. The van der Waals surface area contributed by atoms with Gasteiger partial charge in [0.05, 0.1) is 10.5 Å². The molecule has 3 amide bonds. The predicted octanol–water partition coefficient (Wildman–Crippen LogP) is 0.269. The van der Waals surface area contributed by atoms with Crippen molar-refractivity contribution >= 4 is 23.4 Å². The molecule has 8 nitrogen and oxygen atoms in total. The van der Waals surface area contributed by atoms with Crippen LogP contribution in [0.3, 0.4) is 0 Å². The minimum Gasteiger partial charge on any atom is -0.340 e. The summed E-state index contributed by atoms with van der Waals surface area (Å²) in [7, 11) is 0. The van der Waals surface area contributed by atoms with Gasteiger partial charge in [0.2, 0.25) is 11.8 Å². The van der Waals surface area contributed by atoms with Crippen molar-refractivity contribution in [3.8, 4) is 0 Å². The van der Waals surface area contributed by atoms with Gasteiger partial charge in [-0.3, -0.25) is 29.8 Å². The van der Waals surface area contributed by atoms with Crippen molar-refractivity contribution in [1.29, 1.82) is 0 Å². The fraction of sp³-hybridized carbons (Fsp3) is 0.250. The van der Waals surface area contributed by atoms with Crippen LogP contribution in [0.1, 0.15) is 23.2 Å². The summed E-state index contributed by atoms with van der Waals surface area (Å²) in [6.45, 7) is 0. The van der Waals surface area contributed by atoms with E-state index in [1.165, 1.54) is 0 Å². The predicted molar refractivity (Wildman–Crippen MR) is 66.7 cm³/mol. The number of rotatable bonds is 3. The van der Waals surface area contributed by atoms with Crippen LogP contribution < -0.4 is 10.6 Å². The summed E-state index contributed by atoms with van der Waals surface area (Å²) in [5.74, 6) is -3.03. The Kier molecular flexibility index (Phi) is 3.92. The van der Waals surface area contributed by atoms with Gasteiger partial charge >= 0.3 is 0 Å². The fourth-order valence-corrected chi connectivity index (χ4v) is 1.87. The third-order valence-electron chi connectivity index (χ3n) is 2.95. The largest absolute Gasteiger partial charge is 0.340 e. The molecule has 1 aliphatic heterocycles. The lowest BCUT2D eigenvalue weighted by Crippen LogP contribution is -2.52. The van der Waals surface area contributed by atoms with Gasteiger partial charge in [0.15, 0.2) is 0 Å². The lowest BCUT2D eigenvalue weighted by molar-refractivity contribution is -0.384. The van der Waals surface area contributed by atoms with Gasteiger partial charge in [-0.05, 0) is 12.5 Å². The number of carbonyl (C=O) groups excluding carboxylic acids is 3. The normalized spacial score (nSPS) is 18.0. The second-order valence-electron chi connectivity index (χ2n) is 4.40. The van der Waals surface area contributed by atoms with Crippen molar-refractivity contribution in [2.75, 3.05) is 0 Å². The zero-order valence-electron chi connectivity index (χ0n) is 10.6. The average molecular weight is 295 g/mol. The van der Waals surface area contributed by atoms with Crippen LogP contribution in [0, 0.1) is 15.9 Å². The number of imide groups is 1. The summed E-state index contributed by atoms with van der Waals surface area (Å²) in [5, 5.41) is 14.9. The molecule has 1 aliphatic rings. The standard InChI is InChI=1S/C12H10FN3O5/c13-8-2-1-6(16(20)21)5-7(8)11(18)14-9-3-4-10(17)15-12(9)19/h1-2,5,9H,3-4H2,(H,14,18)(H,15,17,19). The molecule has 0 radical (unpaired) electrons. The minimum atomic E-state index is -0.978. The Labute approximate surface area is 117 Å². The Morgan fingerprint density at radius 3 is 2.76 bits per heavy atom. The fourth-order valence-electron chi connectivity index (χ4n) is 1.87. The van der Waals surface area contributed by atoms with Crippen molar-refractivity contribution in [3.63, 3.8) is 0 Å². The van der Waals surface area contributed by atoms with Crippen molar-refractivity contribution in [3.05, 3.63) is 39.7 Å². The molecule has 0 aliphatic carbocycles. The smallest absolute Gasteiger partial charge is 0.270 e. The van der Waals surface area contributed by atoms with Crippen LogP contribution in [0.25, 0.3) is 0 Å². The second kappa shape index (κ2) is 5.65. The topological polar surface area (TPSA) is 118 Å². The van der Waals surface area contributed by atoms with Gasteiger partial charge in [0.1, 0.15) is 11.9 Å². The molecule has 1 unspecified atom stereocenters. The Hall–Kier alpha value is -2.84. The van der Waals surface area contributed by atoms with Gasteiger partial charge < -0.3 is 5.32 Å². The van der Waals surface area contributed by atoms with Crippen LogP contribution in [0.4, 0.5) is 10.1 Å². The first-order chi connectivity index (χ1) is 9.88. The highest BCUT2D eigenvalue weighted by atomic mass is 19.1. The molecule has 1 aromatic rings. The van der Waals surface area contributed by atoms with Crippen molar-refractivity contribution in [2.24, 2.45) is 0 Å². The van der Waals surface area contributed by atoms with E-state index < -0.39 is 45.8 Å². The van der Waals surface area contributed by atoms with Crippen molar-refractivity contribution < 1.29 is 23.7 Å². The Morgan fingerprint density at radius 1 is 1.43 bits per heavy atom. The maximum atomic E-state index is 13.6. The summed E-state index contributed by atoms with van der Waals surface area (Å²) in [5.41, 5.74) is -0.973.